The molecule has 1 saturated carbocycles. The van der Waals surface area contributed by atoms with E-state index in [1.54, 1.807) is 0 Å². The molecule has 2 fully saturated rings. The largest absolute Gasteiger partial charge is 0.416 e. The molecular weight excluding hydrogens is 444 g/mol. The molecule has 0 radical (unpaired) electrons. The van der Waals surface area contributed by atoms with Crippen LogP contribution in [0.4, 0.5) is 11.6 Å². The van der Waals surface area contributed by atoms with Gasteiger partial charge in [-0.15, -0.1) is 0 Å². The summed E-state index contributed by atoms with van der Waals surface area (Å²) >= 11 is 0. The molecule has 4 rings (SSSR count). The second-order valence-electron chi connectivity index (χ2n) is 10.9. The number of amides is 1. The highest BCUT2D eigenvalue weighted by Gasteiger charge is 2.44. The zero-order chi connectivity index (χ0) is 24.6. The summed E-state index contributed by atoms with van der Waals surface area (Å²) in [5.41, 5.74) is 12.3. The minimum atomic E-state index is -1.87. The van der Waals surface area contributed by atoms with E-state index in [4.69, 9.17) is 14.9 Å². The second-order valence-corrected chi connectivity index (χ2v) is 16.4. The van der Waals surface area contributed by atoms with Gasteiger partial charge in [-0.3, -0.25) is 4.79 Å². The van der Waals surface area contributed by atoms with E-state index in [1.165, 1.54) is 18.4 Å². The number of carbonyl (C=O) groups is 1. The molecule has 1 aliphatic carbocycles. The first-order valence-corrected chi connectivity index (χ1v) is 15.1. The van der Waals surface area contributed by atoms with Crippen molar-refractivity contribution in [2.75, 3.05) is 37.0 Å². The summed E-state index contributed by atoms with van der Waals surface area (Å²) in [4.78, 5) is 19.1. The van der Waals surface area contributed by atoms with Gasteiger partial charge in [-0.1, -0.05) is 41.5 Å². The lowest BCUT2D eigenvalue weighted by atomic mass is 10.1. The molecule has 1 aliphatic heterocycles. The van der Waals surface area contributed by atoms with Crippen LogP contribution in [0.1, 0.15) is 72.3 Å². The molecule has 34 heavy (non-hydrogen) atoms. The highest BCUT2D eigenvalue weighted by molar-refractivity contribution is 6.77. The van der Waals surface area contributed by atoms with Gasteiger partial charge in [0.2, 0.25) is 5.95 Å². The van der Waals surface area contributed by atoms with Crippen LogP contribution < -0.4 is 10.6 Å². The number of aryl methyl sites for hydroxylation is 1. The number of morpholine rings is 1. The van der Waals surface area contributed by atoms with Crippen LogP contribution in [0.25, 0.3) is 11.0 Å². The Balaban J connectivity index is 1.55. The van der Waals surface area contributed by atoms with Crippen LogP contribution in [0, 0.1) is 0 Å². The molecule has 188 valence electrons. The maximum atomic E-state index is 12.5. The van der Waals surface area contributed by atoms with Crippen LogP contribution >= 0.6 is 0 Å². The number of fused-ring (bicyclic) bond motifs is 1. The van der Waals surface area contributed by atoms with Gasteiger partial charge in [0.15, 0.2) is 8.32 Å². The van der Waals surface area contributed by atoms with E-state index in [0.29, 0.717) is 41.6 Å². The van der Waals surface area contributed by atoms with Crippen molar-refractivity contribution in [3.8, 4) is 0 Å². The highest BCUT2D eigenvalue weighted by atomic mass is 28.4. The Labute approximate surface area is 205 Å². The molecule has 0 unspecified atom stereocenters. The number of nitrogen functional groups attached to an aromatic ring is 1. The highest BCUT2D eigenvalue weighted by Crippen LogP contribution is 2.46. The third-order valence-electron chi connectivity index (χ3n) is 7.81. The summed E-state index contributed by atoms with van der Waals surface area (Å²) in [5, 5.41) is 0. The minimum Gasteiger partial charge on any atom is -0.416 e. The quantitative estimate of drug-likeness (QED) is 0.357. The fourth-order valence-corrected chi connectivity index (χ4v) is 11.6. The summed E-state index contributed by atoms with van der Waals surface area (Å²) in [6, 6.07) is 4.29. The molecule has 1 aromatic heterocycles. The third-order valence-corrected chi connectivity index (χ3v) is 13.9. The number of nitrogens with two attached hydrogens (primary N) is 1. The lowest BCUT2D eigenvalue weighted by Crippen LogP contribution is -2.48. The van der Waals surface area contributed by atoms with Crippen molar-refractivity contribution in [3.63, 3.8) is 0 Å². The van der Waals surface area contributed by atoms with E-state index in [2.05, 4.69) is 63.2 Å². The molecule has 0 spiro atoms. The Morgan fingerprint density at radius 2 is 1.82 bits per heavy atom. The minimum absolute atomic E-state index is 0.0187. The van der Waals surface area contributed by atoms with Crippen molar-refractivity contribution in [1.82, 2.24) is 9.55 Å². The number of ether oxygens (including phenoxy) is 1. The number of benzene rings is 1. The molecule has 0 bridgehead atoms. The van der Waals surface area contributed by atoms with Crippen LogP contribution in [0.2, 0.25) is 16.6 Å². The van der Waals surface area contributed by atoms with Crippen LogP contribution in [0.15, 0.2) is 12.1 Å². The Bertz CT molecular complexity index is 1010. The molecule has 2 aromatic rings. The van der Waals surface area contributed by atoms with E-state index < -0.39 is 8.32 Å². The summed E-state index contributed by atoms with van der Waals surface area (Å²) < 4.78 is 14.2. The van der Waals surface area contributed by atoms with Gasteiger partial charge in [0, 0.05) is 25.4 Å². The van der Waals surface area contributed by atoms with Gasteiger partial charge in [-0.25, -0.2) is 4.98 Å². The van der Waals surface area contributed by atoms with E-state index in [0.717, 1.165) is 36.3 Å². The van der Waals surface area contributed by atoms with Crippen molar-refractivity contribution in [2.45, 2.75) is 89.9 Å². The van der Waals surface area contributed by atoms with Gasteiger partial charge >= 0.3 is 0 Å². The topological polar surface area (TPSA) is 82.6 Å². The van der Waals surface area contributed by atoms with Gasteiger partial charge in [0.25, 0.3) is 5.91 Å². The first-order chi connectivity index (χ1) is 16.2. The number of hydrogen-bond donors (Lipinski definition) is 1. The molecule has 1 saturated heterocycles. The standard InChI is InChI=1S/C26H42N4O3Si/c1-17(2)34(18(3)4,19(5)6)33-12-7-10-30-24-14-21(20-8-9-20)23(15-22(24)28-26(30)27)29-11-13-32-16-25(29)31/h14-15,17-20H,7-13,16H2,1-6H3,(H2,27,28). The molecule has 2 aliphatic rings. The van der Waals surface area contributed by atoms with Crippen molar-refractivity contribution < 1.29 is 14.0 Å². The molecule has 0 atom stereocenters. The molecule has 2 heterocycles. The van der Waals surface area contributed by atoms with Gasteiger partial charge in [0.05, 0.1) is 17.6 Å². The van der Waals surface area contributed by atoms with E-state index >= 15 is 0 Å². The number of nitrogens with zero attached hydrogens (tertiary/aromatic N) is 3. The smallest absolute Gasteiger partial charge is 0.253 e. The fourth-order valence-electron chi connectivity index (χ4n) is 6.13. The number of hydrogen-bond acceptors (Lipinski definition) is 5. The van der Waals surface area contributed by atoms with E-state index in [1.807, 2.05) is 4.90 Å². The van der Waals surface area contributed by atoms with Gasteiger partial charge < -0.3 is 24.4 Å². The lowest BCUT2D eigenvalue weighted by molar-refractivity contribution is -0.125. The van der Waals surface area contributed by atoms with Crippen molar-refractivity contribution in [3.05, 3.63) is 17.7 Å². The number of anilines is 2. The second kappa shape index (κ2) is 9.99. The number of imidazole rings is 1. The summed E-state index contributed by atoms with van der Waals surface area (Å²) in [5.74, 6) is 1.06. The SMILES string of the molecule is CC(C)[Si](OCCCn1c(N)nc2cc(N3CCOCC3=O)c(C3CC3)cc21)(C(C)C)C(C)C. The maximum absolute atomic E-state index is 12.5. The van der Waals surface area contributed by atoms with Crippen molar-refractivity contribution in [2.24, 2.45) is 0 Å². The number of aromatic nitrogens is 2. The number of carbonyl (C=O) groups excluding carboxylic acids is 1. The maximum Gasteiger partial charge on any atom is 0.253 e. The molecule has 8 heteroatoms. The predicted octanol–water partition coefficient (Wildman–Crippen LogP) is 5.44. The number of rotatable bonds is 10. The molecule has 2 N–H and O–H groups in total. The third kappa shape index (κ3) is 4.64. The molecule has 7 nitrogen and oxygen atoms in total. The van der Waals surface area contributed by atoms with E-state index in [9.17, 15) is 4.79 Å². The van der Waals surface area contributed by atoms with Crippen molar-refractivity contribution in [1.29, 1.82) is 0 Å². The molecule has 1 amide bonds. The van der Waals surface area contributed by atoms with Gasteiger partial charge in [-0.05, 0) is 59.5 Å². The zero-order valence-corrected chi connectivity index (χ0v) is 22.8. The van der Waals surface area contributed by atoms with Gasteiger partial charge in [0.1, 0.15) is 6.61 Å². The van der Waals surface area contributed by atoms with Crippen LogP contribution in [-0.4, -0.2) is 50.1 Å². The fraction of sp³-hybridized carbons (Fsp3) is 0.692. The lowest BCUT2D eigenvalue weighted by Gasteiger charge is -2.42. The van der Waals surface area contributed by atoms with Gasteiger partial charge in [-0.2, -0.15) is 0 Å². The Kier molecular flexibility index (Phi) is 7.40. The van der Waals surface area contributed by atoms with Crippen molar-refractivity contribution >= 4 is 36.9 Å². The average Bonchev–Trinajstić information content (AvgIpc) is 3.57. The van der Waals surface area contributed by atoms with Crippen LogP contribution in [0.3, 0.4) is 0 Å². The zero-order valence-electron chi connectivity index (χ0n) is 21.8. The monoisotopic (exact) mass is 486 g/mol. The normalized spacial score (nSPS) is 17.7. The first kappa shape index (κ1) is 25.2. The Hall–Kier alpha value is -1.90. The average molecular weight is 487 g/mol. The van der Waals surface area contributed by atoms with E-state index in [-0.39, 0.29) is 12.5 Å². The molecule has 1 aromatic carbocycles. The summed E-state index contributed by atoms with van der Waals surface area (Å²) in [7, 11) is -1.87. The van der Waals surface area contributed by atoms with Crippen LogP contribution in [-0.2, 0) is 20.5 Å². The summed E-state index contributed by atoms with van der Waals surface area (Å²) in [6.07, 6.45) is 3.24. The Morgan fingerprint density at radius 1 is 1.15 bits per heavy atom. The predicted molar refractivity (Wildman–Crippen MR) is 141 cm³/mol. The Morgan fingerprint density at radius 3 is 2.41 bits per heavy atom. The first-order valence-electron chi connectivity index (χ1n) is 13.0. The summed E-state index contributed by atoms with van der Waals surface area (Å²) in [6.45, 7) is 16.8. The van der Waals surface area contributed by atoms with Crippen LogP contribution in [0.5, 0.6) is 0 Å². The molecular formula is C26H42N4O3Si.